The van der Waals surface area contributed by atoms with E-state index in [2.05, 4.69) is 0 Å². The highest BCUT2D eigenvalue weighted by Gasteiger charge is 2.35. The molecule has 2 aromatic rings. The van der Waals surface area contributed by atoms with E-state index in [1.54, 1.807) is 28.9 Å². The molecule has 2 aromatic carbocycles. The lowest BCUT2D eigenvalue weighted by atomic mass is 9.95. The summed E-state index contributed by atoms with van der Waals surface area (Å²) in [6.45, 7) is 2.70. The summed E-state index contributed by atoms with van der Waals surface area (Å²) < 4.78 is 68.7. The predicted molar refractivity (Wildman–Crippen MR) is 147 cm³/mol. The van der Waals surface area contributed by atoms with Gasteiger partial charge in [0.15, 0.2) is 11.5 Å². The molecule has 0 radical (unpaired) electrons. The molecule has 4 rings (SSSR count). The van der Waals surface area contributed by atoms with E-state index in [4.69, 9.17) is 9.47 Å². The van der Waals surface area contributed by atoms with Crippen molar-refractivity contribution in [1.82, 2.24) is 8.61 Å². The second-order valence-electron chi connectivity index (χ2n) is 10.2. The Kier molecular flexibility index (Phi) is 9.39. The average molecular weight is 565 g/mol. The third kappa shape index (κ3) is 6.03. The zero-order chi connectivity index (χ0) is 27.3. The van der Waals surface area contributed by atoms with Gasteiger partial charge in [0.05, 0.1) is 24.0 Å². The van der Waals surface area contributed by atoms with Crippen LogP contribution in [0, 0.1) is 0 Å². The molecule has 2 fully saturated rings. The molecule has 38 heavy (non-hydrogen) atoms. The Morgan fingerprint density at radius 2 is 1.45 bits per heavy atom. The van der Waals surface area contributed by atoms with E-state index in [-0.39, 0.29) is 28.4 Å². The summed E-state index contributed by atoms with van der Waals surface area (Å²) in [5.74, 6) is 1.13. The number of ether oxygens (including phenoxy) is 2. The predicted octanol–water partition coefficient (Wildman–Crippen LogP) is 5.18. The summed E-state index contributed by atoms with van der Waals surface area (Å²) in [7, 11) is -4.46. The first-order valence-electron chi connectivity index (χ1n) is 13.6. The molecule has 0 spiro atoms. The summed E-state index contributed by atoms with van der Waals surface area (Å²) in [6.07, 6.45) is 8.14. The normalized spacial score (nSPS) is 19.9. The van der Waals surface area contributed by atoms with Crippen LogP contribution in [-0.2, 0) is 26.6 Å². The maximum Gasteiger partial charge on any atom is 0.243 e. The molecule has 210 valence electrons. The summed E-state index contributed by atoms with van der Waals surface area (Å²) >= 11 is 0. The Morgan fingerprint density at radius 3 is 2.08 bits per heavy atom. The van der Waals surface area contributed by atoms with Gasteiger partial charge in [0.1, 0.15) is 0 Å². The molecule has 1 aliphatic carbocycles. The van der Waals surface area contributed by atoms with Crippen LogP contribution in [0.5, 0.6) is 11.5 Å². The Hall–Kier alpha value is -2.14. The highest BCUT2D eigenvalue weighted by Crippen LogP contribution is 2.33. The number of piperidine rings is 1. The minimum absolute atomic E-state index is 0.0135. The Labute approximate surface area is 228 Å². The van der Waals surface area contributed by atoms with Crippen LogP contribution in [0.25, 0.3) is 0 Å². The number of rotatable bonds is 10. The van der Waals surface area contributed by atoms with E-state index < -0.39 is 20.0 Å². The molecule has 2 aliphatic rings. The first-order chi connectivity index (χ1) is 18.2. The zero-order valence-corrected chi connectivity index (χ0v) is 24.3. The Balaban J connectivity index is 1.64. The number of nitrogens with zero attached hydrogens (tertiary/aromatic N) is 2. The number of benzene rings is 2. The lowest BCUT2D eigenvalue weighted by Gasteiger charge is -2.34. The van der Waals surface area contributed by atoms with E-state index in [0.29, 0.717) is 18.0 Å². The highest BCUT2D eigenvalue weighted by atomic mass is 32.2. The van der Waals surface area contributed by atoms with Gasteiger partial charge in [-0.3, -0.25) is 0 Å². The van der Waals surface area contributed by atoms with E-state index >= 15 is 0 Å². The van der Waals surface area contributed by atoms with Crippen molar-refractivity contribution in [2.75, 3.05) is 20.8 Å². The average Bonchev–Trinajstić information content (AvgIpc) is 2.96. The fourth-order valence-corrected chi connectivity index (χ4v) is 9.13. The van der Waals surface area contributed by atoms with E-state index in [0.717, 1.165) is 63.4 Å². The van der Waals surface area contributed by atoms with Gasteiger partial charge in [0.25, 0.3) is 0 Å². The van der Waals surface area contributed by atoms with Crippen LogP contribution >= 0.6 is 0 Å². The van der Waals surface area contributed by atoms with Crippen molar-refractivity contribution < 1.29 is 26.3 Å². The van der Waals surface area contributed by atoms with Crippen molar-refractivity contribution in [2.24, 2.45) is 0 Å². The second-order valence-corrected chi connectivity index (χ2v) is 14.0. The zero-order valence-electron chi connectivity index (χ0n) is 22.6. The van der Waals surface area contributed by atoms with Gasteiger partial charge in [-0.25, -0.2) is 16.8 Å². The van der Waals surface area contributed by atoms with Crippen molar-refractivity contribution in [3.8, 4) is 11.5 Å². The van der Waals surface area contributed by atoms with Crippen LogP contribution < -0.4 is 9.47 Å². The van der Waals surface area contributed by atoms with Gasteiger partial charge < -0.3 is 9.47 Å². The van der Waals surface area contributed by atoms with Crippen LogP contribution in [-0.4, -0.2) is 58.3 Å². The first kappa shape index (κ1) is 28.9. The van der Waals surface area contributed by atoms with Crippen molar-refractivity contribution >= 4 is 20.0 Å². The van der Waals surface area contributed by atoms with Gasteiger partial charge in [-0.15, -0.1) is 0 Å². The van der Waals surface area contributed by atoms with Crippen molar-refractivity contribution in [3.05, 3.63) is 48.0 Å². The summed E-state index contributed by atoms with van der Waals surface area (Å²) in [4.78, 5) is 0.245. The lowest BCUT2D eigenvalue weighted by molar-refractivity contribution is 0.246. The van der Waals surface area contributed by atoms with E-state index in [1.807, 2.05) is 19.1 Å². The van der Waals surface area contributed by atoms with Crippen LogP contribution in [0.15, 0.2) is 52.3 Å². The summed E-state index contributed by atoms with van der Waals surface area (Å²) in [6, 6.07) is 11.1. The van der Waals surface area contributed by atoms with Crippen molar-refractivity contribution in [1.29, 1.82) is 0 Å². The number of methoxy groups -OCH3 is 2. The van der Waals surface area contributed by atoms with Gasteiger partial charge in [-0.05, 0) is 74.1 Å². The second kappa shape index (κ2) is 12.4. The Morgan fingerprint density at radius 1 is 0.816 bits per heavy atom. The molecule has 0 bridgehead atoms. The maximum atomic E-state index is 14.0. The van der Waals surface area contributed by atoms with Crippen LogP contribution in [0.2, 0.25) is 0 Å². The van der Waals surface area contributed by atoms with Gasteiger partial charge in [0, 0.05) is 25.2 Å². The molecular formula is C28H40N2O6S2. The largest absolute Gasteiger partial charge is 0.493 e. The van der Waals surface area contributed by atoms with Gasteiger partial charge in [-0.2, -0.15) is 8.61 Å². The molecule has 0 N–H and O–H groups in total. The molecule has 1 atom stereocenters. The molecule has 0 amide bonds. The molecule has 8 nitrogen and oxygen atoms in total. The fraction of sp³-hybridized carbons (Fsp3) is 0.571. The van der Waals surface area contributed by atoms with Crippen molar-refractivity contribution in [3.63, 3.8) is 0 Å². The lowest BCUT2D eigenvalue weighted by Crippen LogP contribution is -2.43. The summed E-state index contributed by atoms with van der Waals surface area (Å²) in [5.41, 5.74) is 0.798. The quantitative estimate of drug-likeness (QED) is 0.395. The minimum atomic E-state index is -3.88. The number of sulfonamides is 2. The fourth-order valence-electron chi connectivity index (χ4n) is 5.69. The van der Waals surface area contributed by atoms with Crippen LogP contribution in [0.4, 0.5) is 0 Å². The molecule has 1 heterocycles. The smallest absolute Gasteiger partial charge is 0.243 e. The molecule has 0 unspecified atom stereocenters. The number of hydrogen-bond acceptors (Lipinski definition) is 6. The maximum absolute atomic E-state index is 14.0. The molecule has 1 saturated carbocycles. The standard InChI is InChI=1S/C28H40N2O6S2/c1-4-23-10-8-9-19-29(23)37(31,32)25-14-16-26(17-15-25)38(33,34)30(24-11-6-5-7-12-24)21-22-13-18-27(35-2)28(20-22)36-3/h13-18,20,23-24H,4-12,19,21H2,1-3H3/t23-/m1/s1. The summed E-state index contributed by atoms with van der Waals surface area (Å²) in [5, 5.41) is 0. The van der Waals surface area contributed by atoms with Crippen LogP contribution in [0.3, 0.4) is 0 Å². The van der Waals surface area contributed by atoms with Gasteiger partial charge in [-0.1, -0.05) is 38.7 Å². The van der Waals surface area contributed by atoms with E-state index in [1.165, 1.54) is 24.3 Å². The SMILES string of the molecule is CC[C@@H]1CCCCN1S(=O)(=O)c1ccc(S(=O)(=O)N(Cc2ccc(OC)c(OC)c2)C2CCCCC2)cc1. The third-order valence-corrected chi connectivity index (χ3v) is 11.7. The molecule has 10 heteroatoms. The van der Waals surface area contributed by atoms with Crippen LogP contribution in [0.1, 0.15) is 70.3 Å². The minimum Gasteiger partial charge on any atom is -0.493 e. The van der Waals surface area contributed by atoms with Gasteiger partial charge in [0.2, 0.25) is 20.0 Å². The number of hydrogen-bond donors (Lipinski definition) is 0. The van der Waals surface area contributed by atoms with E-state index in [9.17, 15) is 16.8 Å². The molecule has 1 saturated heterocycles. The third-order valence-electron chi connectivity index (χ3n) is 7.85. The van der Waals surface area contributed by atoms with Gasteiger partial charge >= 0.3 is 0 Å². The monoisotopic (exact) mass is 564 g/mol. The topological polar surface area (TPSA) is 93.2 Å². The molecule has 0 aromatic heterocycles. The van der Waals surface area contributed by atoms with Crippen molar-refractivity contribution in [2.45, 2.75) is 93.1 Å². The molecular weight excluding hydrogens is 524 g/mol. The highest BCUT2D eigenvalue weighted by molar-refractivity contribution is 7.89. The first-order valence-corrected chi connectivity index (χ1v) is 16.4. The Bertz CT molecular complexity index is 1290. The molecule has 1 aliphatic heterocycles.